The minimum Gasteiger partial charge on any atom is -0.496 e. The van der Waals surface area contributed by atoms with E-state index in [9.17, 15) is 5.26 Å². The fourth-order valence-electron chi connectivity index (χ4n) is 3.12. The Labute approximate surface area is 171 Å². The number of hydrogen-bond donors (Lipinski definition) is 0. The summed E-state index contributed by atoms with van der Waals surface area (Å²) in [6, 6.07) is 5.75. The Morgan fingerprint density at radius 3 is 2.38 bits per heavy atom. The van der Waals surface area contributed by atoms with Gasteiger partial charge in [0, 0.05) is 18.5 Å². The van der Waals surface area contributed by atoms with E-state index in [0.29, 0.717) is 44.2 Å². The van der Waals surface area contributed by atoms with Crippen LogP contribution in [0.5, 0.6) is 17.2 Å². The molecule has 9 heteroatoms. The maximum absolute atomic E-state index is 9.48. The third-order valence-electron chi connectivity index (χ3n) is 4.57. The van der Waals surface area contributed by atoms with Crippen molar-refractivity contribution >= 4 is 21.6 Å². The fraction of sp³-hybridized carbons (Fsp3) is 0.200. The molecule has 4 aromatic rings. The number of thiophene rings is 1. The fourth-order valence-corrected chi connectivity index (χ4v) is 4.09. The first kappa shape index (κ1) is 18.7. The molecule has 0 amide bonds. The van der Waals surface area contributed by atoms with Crippen molar-refractivity contribution in [1.82, 2.24) is 19.5 Å². The Morgan fingerprint density at radius 1 is 1.03 bits per heavy atom. The van der Waals surface area contributed by atoms with E-state index in [2.05, 4.69) is 11.1 Å². The number of methoxy groups -OCH3 is 3. The number of fused-ring (bicyclic) bond motifs is 1. The zero-order valence-electron chi connectivity index (χ0n) is 16.3. The second-order valence-corrected chi connectivity index (χ2v) is 7.10. The van der Waals surface area contributed by atoms with Gasteiger partial charge in [0.1, 0.15) is 27.9 Å². The van der Waals surface area contributed by atoms with Crippen LogP contribution in [0.1, 0.15) is 10.4 Å². The molecule has 0 fully saturated rings. The molecule has 1 aromatic carbocycles. The third-order valence-corrected chi connectivity index (χ3v) is 5.66. The summed E-state index contributed by atoms with van der Waals surface area (Å²) in [5, 5.41) is 10.3. The summed E-state index contributed by atoms with van der Waals surface area (Å²) in [7, 11) is 4.70. The van der Waals surface area contributed by atoms with Gasteiger partial charge in [-0.25, -0.2) is 15.0 Å². The van der Waals surface area contributed by atoms with Crippen molar-refractivity contribution in [2.45, 2.75) is 6.92 Å². The summed E-state index contributed by atoms with van der Waals surface area (Å²) >= 11 is 1.33. The van der Waals surface area contributed by atoms with Gasteiger partial charge in [0.15, 0.2) is 23.1 Å². The van der Waals surface area contributed by atoms with E-state index in [0.717, 1.165) is 10.9 Å². The molecule has 3 heterocycles. The number of aryl methyl sites for hydroxylation is 1. The number of nitriles is 1. The van der Waals surface area contributed by atoms with Gasteiger partial charge in [-0.1, -0.05) is 0 Å². The van der Waals surface area contributed by atoms with Gasteiger partial charge in [-0.3, -0.25) is 4.57 Å². The zero-order chi connectivity index (χ0) is 20.5. The second kappa shape index (κ2) is 7.41. The van der Waals surface area contributed by atoms with E-state index in [-0.39, 0.29) is 0 Å². The van der Waals surface area contributed by atoms with E-state index >= 15 is 0 Å². The smallest absolute Gasteiger partial charge is 0.167 e. The maximum atomic E-state index is 9.48. The monoisotopic (exact) mass is 407 g/mol. The molecule has 8 nitrogen and oxygen atoms in total. The molecule has 0 aliphatic carbocycles. The number of hydrogen-bond acceptors (Lipinski definition) is 8. The number of nitrogens with zero attached hydrogens (tertiary/aromatic N) is 5. The molecule has 0 saturated carbocycles. The summed E-state index contributed by atoms with van der Waals surface area (Å²) in [5.41, 5.74) is 1.50. The molecule has 29 heavy (non-hydrogen) atoms. The SMILES string of the molecule is COc1cc(OC)c(-c2nc(-n3ccnc3)c3c(C)c(C#N)sc3n2)cc1OC. The third kappa shape index (κ3) is 3.03. The molecule has 0 atom stereocenters. The standard InChI is InChI=1S/C20H17N5O3S/c1-11-16(9-21)29-20-17(11)19(25-6-5-22-10-25)23-18(24-20)12-7-14(27-3)15(28-4)8-13(12)26-2/h5-8,10H,1-4H3. The molecule has 3 aromatic heterocycles. The largest absolute Gasteiger partial charge is 0.496 e. The molecule has 0 saturated heterocycles. The van der Waals surface area contributed by atoms with Crippen LogP contribution in [-0.4, -0.2) is 40.8 Å². The van der Waals surface area contributed by atoms with Gasteiger partial charge in [0.25, 0.3) is 0 Å². The van der Waals surface area contributed by atoms with Crippen molar-refractivity contribution < 1.29 is 14.2 Å². The lowest BCUT2D eigenvalue weighted by atomic mass is 10.1. The zero-order valence-corrected chi connectivity index (χ0v) is 17.1. The Kier molecular flexibility index (Phi) is 4.78. The Hall–Kier alpha value is -3.64. The molecule has 0 spiro atoms. The summed E-state index contributed by atoms with van der Waals surface area (Å²) in [5.74, 6) is 2.73. The number of aromatic nitrogens is 4. The van der Waals surface area contributed by atoms with Crippen molar-refractivity contribution in [2.24, 2.45) is 0 Å². The van der Waals surface area contributed by atoms with Crippen molar-refractivity contribution in [3.8, 4) is 40.5 Å². The topological polar surface area (TPSA) is 95.1 Å². The maximum Gasteiger partial charge on any atom is 0.167 e. The minimum atomic E-state index is 0.449. The van der Waals surface area contributed by atoms with Crippen LogP contribution in [0.4, 0.5) is 0 Å². The van der Waals surface area contributed by atoms with Gasteiger partial charge in [-0.2, -0.15) is 5.26 Å². The first-order chi connectivity index (χ1) is 14.1. The van der Waals surface area contributed by atoms with E-state index in [4.69, 9.17) is 24.2 Å². The van der Waals surface area contributed by atoms with E-state index < -0.39 is 0 Å². The van der Waals surface area contributed by atoms with Crippen molar-refractivity contribution in [3.05, 3.63) is 41.3 Å². The molecular weight excluding hydrogens is 390 g/mol. The van der Waals surface area contributed by atoms with Crippen LogP contribution in [0.25, 0.3) is 27.4 Å². The Balaban J connectivity index is 2.05. The highest BCUT2D eigenvalue weighted by Gasteiger charge is 2.21. The highest BCUT2D eigenvalue weighted by molar-refractivity contribution is 7.19. The summed E-state index contributed by atoms with van der Waals surface area (Å²) in [4.78, 5) is 15.0. The Morgan fingerprint density at radius 2 is 1.76 bits per heavy atom. The average Bonchev–Trinajstić information content (AvgIpc) is 3.40. The molecule has 146 valence electrons. The van der Waals surface area contributed by atoms with Gasteiger partial charge in [-0.05, 0) is 18.6 Å². The van der Waals surface area contributed by atoms with Gasteiger partial charge < -0.3 is 14.2 Å². The predicted molar refractivity (Wildman–Crippen MR) is 109 cm³/mol. The summed E-state index contributed by atoms with van der Waals surface area (Å²) in [6.45, 7) is 1.90. The van der Waals surface area contributed by atoms with Crippen LogP contribution in [-0.2, 0) is 0 Å². The lowest BCUT2D eigenvalue weighted by Crippen LogP contribution is -2.02. The number of imidazole rings is 1. The normalized spacial score (nSPS) is 10.7. The van der Waals surface area contributed by atoms with Crippen LogP contribution in [0, 0.1) is 18.3 Å². The highest BCUT2D eigenvalue weighted by atomic mass is 32.1. The van der Waals surface area contributed by atoms with Crippen LogP contribution in [0.2, 0.25) is 0 Å². The van der Waals surface area contributed by atoms with Crippen LogP contribution >= 0.6 is 11.3 Å². The van der Waals surface area contributed by atoms with Crippen molar-refractivity contribution in [3.63, 3.8) is 0 Å². The van der Waals surface area contributed by atoms with E-state index in [1.165, 1.54) is 11.3 Å². The molecule has 0 bridgehead atoms. The predicted octanol–water partition coefficient (Wildman–Crippen LogP) is 3.75. The average molecular weight is 407 g/mol. The molecule has 0 aliphatic rings. The quantitative estimate of drug-likeness (QED) is 0.497. The lowest BCUT2D eigenvalue weighted by Gasteiger charge is -2.14. The number of rotatable bonds is 5. The lowest BCUT2D eigenvalue weighted by molar-refractivity contribution is 0.349. The molecule has 0 unspecified atom stereocenters. The molecule has 4 rings (SSSR count). The second-order valence-electron chi connectivity index (χ2n) is 6.10. The minimum absolute atomic E-state index is 0.449. The number of benzene rings is 1. The van der Waals surface area contributed by atoms with E-state index in [1.54, 1.807) is 52.2 Å². The van der Waals surface area contributed by atoms with Gasteiger partial charge in [0.05, 0.1) is 32.3 Å². The first-order valence-electron chi connectivity index (χ1n) is 8.61. The summed E-state index contributed by atoms with van der Waals surface area (Å²) in [6.07, 6.45) is 5.15. The van der Waals surface area contributed by atoms with Gasteiger partial charge in [-0.15, -0.1) is 11.3 Å². The van der Waals surface area contributed by atoms with Crippen LogP contribution in [0.15, 0.2) is 30.9 Å². The van der Waals surface area contributed by atoms with Crippen molar-refractivity contribution in [2.75, 3.05) is 21.3 Å². The number of ether oxygens (including phenoxy) is 3. The van der Waals surface area contributed by atoms with Crippen LogP contribution < -0.4 is 14.2 Å². The van der Waals surface area contributed by atoms with E-state index in [1.807, 2.05) is 11.5 Å². The van der Waals surface area contributed by atoms with Gasteiger partial charge in [0.2, 0.25) is 0 Å². The highest BCUT2D eigenvalue weighted by Crippen LogP contribution is 2.41. The molecule has 0 aliphatic heterocycles. The summed E-state index contributed by atoms with van der Waals surface area (Å²) < 4.78 is 18.2. The first-order valence-corrected chi connectivity index (χ1v) is 9.42. The Bertz CT molecular complexity index is 1240. The van der Waals surface area contributed by atoms with Crippen molar-refractivity contribution in [1.29, 1.82) is 5.26 Å². The van der Waals surface area contributed by atoms with Crippen LogP contribution in [0.3, 0.4) is 0 Å². The molecule has 0 N–H and O–H groups in total. The molecular formula is C20H17N5O3S. The van der Waals surface area contributed by atoms with Gasteiger partial charge >= 0.3 is 0 Å². The molecule has 0 radical (unpaired) electrons.